The van der Waals surface area contributed by atoms with Crippen molar-refractivity contribution in [2.45, 2.75) is 11.0 Å². The molecule has 0 heterocycles. The Balaban J connectivity index is 2.91. The van der Waals surface area contributed by atoms with Crippen molar-refractivity contribution in [2.24, 2.45) is 0 Å². The second-order valence-electron chi connectivity index (χ2n) is 4.27. The van der Waals surface area contributed by atoms with Gasteiger partial charge in [-0.05, 0) is 12.1 Å². The van der Waals surface area contributed by atoms with E-state index in [-0.39, 0.29) is 18.0 Å². The first kappa shape index (κ1) is 15.9. The monoisotopic (exact) mass is 288 g/mol. The summed E-state index contributed by atoms with van der Waals surface area (Å²) in [6, 6.07) is 6.59. The van der Waals surface area contributed by atoms with Crippen LogP contribution in [0.15, 0.2) is 29.2 Å². The highest BCUT2D eigenvalue weighted by Gasteiger charge is 2.20. The maximum absolute atomic E-state index is 12.1. The summed E-state index contributed by atoms with van der Waals surface area (Å²) < 4.78 is 30.2. The second kappa shape index (κ2) is 6.85. The molecule has 0 aromatic heterocycles. The number of para-hydroxylation sites is 1. The lowest BCUT2D eigenvalue weighted by Crippen LogP contribution is -2.27. The van der Waals surface area contributed by atoms with E-state index in [1.54, 1.807) is 18.2 Å². The molecule has 6 nitrogen and oxygen atoms in total. The van der Waals surface area contributed by atoms with Crippen LogP contribution in [-0.4, -0.2) is 58.3 Å². The summed E-state index contributed by atoms with van der Waals surface area (Å²) in [7, 11) is 0.940. The topological polar surface area (TPSA) is 78.9 Å². The van der Waals surface area contributed by atoms with E-state index in [1.807, 2.05) is 0 Å². The average molecular weight is 288 g/mol. The number of sulfonamides is 1. The van der Waals surface area contributed by atoms with Crippen molar-refractivity contribution < 1.29 is 18.3 Å². The van der Waals surface area contributed by atoms with Crippen LogP contribution in [0.1, 0.15) is 0 Å². The van der Waals surface area contributed by atoms with Crippen LogP contribution in [0.25, 0.3) is 0 Å². The van der Waals surface area contributed by atoms with E-state index in [0.29, 0.717) is 5.69 Å². The molecular weight excluding hydrogens is 268 g/mol. The molecule has 0 spiro atoms. The third-order valence-electron chi connectivity index (χ3n) is 2.53. The molecule has 0 saturated heterocycles. The van der Waals surface area contributed by atoms with E-state index in [9.17, 15) is 13.5 Å². The molecule has 1 aromatic carbocycles. The minimum Gasteiger partial charge on any atom is -0.389 e. The van der Waals surface area contributed by atoms with Gasteiger partial charge in [-0.15, -0.1) is 0 Å². The quantitative estimate of drug-likeness (QED) is 0.757. The summed E-state index contributed by atoms with van der Waals surface area (Å²) in [4.78, 5) is 0.185. The lowest BCUT2D eigenvalue weighted by atomic mass is 10.3. The number of hydrogen-bond donors (Lipinski definition) is 2. The molecule has 19 heavy (non-hydrogen) atoms. The Kier molecular flexibility index (Phi) is 5.74. The predicted octanol–water partition coefficient (Wildman–Crippen LogP) is 0.356. The van der Waals surface area contributed by atoms with E-state index in [2.05, 4.69) is 5.32 Å². The van der Waals surface area contributed by atoms with Gasteiger partial charge in [-0.1, -0.05) is 12.1 Å². The fourth-order valence-electron chi connectivity index (χ4n) is 1.51. The summed E-state index contributed by atoms with van der Waals surface area (Å²) in [6.07, 6.45) is -0.694. The Morgan fingerprint density at radius 2 is 2.00 bits per heavy atom. The van der Waals surface area contributed by atoms with Gasteiger partial charge in [-0.3, -0.25) is 0 Å². The number of hydrogen-bond acceptors (Lipinski definition) is 5. The lowest BCUT2D eigenvalue weighted by Gasteiger charge is -2.17. The predicted molar refractivity (Wildman–Crippen MR) is 73.7 cm³/mol. The Labute approximate surface area is 114 Å². The molecule has 0 saturated carbocycles. The molecule has 0 aliphatic rings. The second-order valence-corrected chi connectivity index (χ2v) is 6.39. The average Bonchev–Trinajstić information content (AvgIpc) is 2.37. The summed E-state index contributed by atoms with van der Waals surface area (Å²) in [6.45, 7) is 0.406. The van der Waals surface area contributed by atoms with Crippen LogP contribution >= 0.6 is 0 Å². The van der Waals surface area contributed by atoms with Gasteiger partial charge in [-0.2, -0.15) is 0 Å². The normalized spacial score (nSPS) is 13.5. The molecule has 0 bridgehead atoms. The van der Waals surface area contributed by atoms with Crippen LogP contribution in [0.3, 0.4) is 0 Å². The number of methoxy groups -OCH3 is 1. The van der Waals surface area contributed by atoms with Crippen LogP contribution < -0.4 is 5.32 Å². The number of aliphatic hydroxyl groups is 1. The molecule has 0 radical (unpaired) electrons. The summed E-state index contributed by atoms with van der Waals surface area (Å²) in [5, 5.41) is 12.5. The van der Waals surface area contributed by atoms with Crippen LogP contribution in [-0.2, 0) is 14.8 Å². The van der Waals surface area contributed by atoms with Crippen molar-refractivity contribution in [1.82, 2.24) is 4.31 Å². The fraction of sp³-hybridized carbons (Fsp3) is 0.500. The summed E-state index contributed by atoms with van der Waals surface area (Å²) >= 11 is 0. The molecule has 108 valence electrons. The van der Waals surface area contributed by atoms with Crippen molar-refractivity contribution in [3.8, 4) is 0 Å². The molecule has 1 aromatic rings. The summed E-state index contributed by atoms with van der Waals surface area (Å²) in [5.74, 6) is 0. The van der Waals surface area contributed by atoms with Gasteiger partial charge < -0.3 is 15.2 Å². The van der Waals surface area contributed by atoms with Crippen molar-refractivity contribution in [3.05, 3.63) is 24.3 Å². The Bertz CT molecular complexity index is 502. The smallest absolute Gasteiger partial charge is 0.244 e. The van der Waals surface area contributed by atoms with Crippen molar-refractivity contribution in [2.75, 3.05) is 39.7 Å². The van der Waals surface area contributed by atoms with Gasteiger partial charge >= 0.3 is 0 Å². The van der Waals surface area contributed by atoms with Gasteiger partial charge in [-0.25, -0.2) is 12.7 Å². The minimum atomic E-state index is -3.51. The molecule has 0 amide bonds. The highest BCUT2D eigenvalue weighted by atomic mass is 32.2. The largest absolute Gasteiger partial charge is 0.389 e. The molecular formula is C12H20N2O4S. The molecule has 1 atom stereocenters. The zero-order valence-electron chi connectivity index (χ0n) is 11.3. The fourth-order valence-corrected chi connectivity index (χ4v) is 2.58. The number of ether oxygens (including phenoxy) is 1. The first-order valence-corrected chi connectivity index (χ1v) is 7.26. The minimum absolute atomic E-state index is 0.185. The van der Waals surface area contributed by atoms with Crippen LogP contribution in [0.5, 0.6) is 0 Å². The van der Waals surface area contributed by atoms with Crippen molar-refractivity contribution in [3.63, 3.8) is 0 Å². The number of rotatable bonds is 7. The highest BCUT2D eigenvalue weighted by molar-refractivity contribution is 7.89. The lowest BCUT2D eigenvalue weighted by molar-refractivity contribution is 0.0727. The molecule has 0 aliphatic carbocycles. The maximum atomic E-state index is 12.1. The van der Waals surface area contributed by atoms with Gasteiger partial charge in [0.1, 0.15) is 4.90 Å². The van der Waals surface area contributed by atoms with Crippen LogP contribution in [0.2, 0.25) is 0 Å². The van der Waals surface area contributed by atoms with E-state index < -0.39 is 16.1 Å². The van der Waals surface area contributed by atoms with Crippen molar-refractivity contribution in [1.29, 1.82) is 0 Å². The van der Waals surface area contributed by atoms with Crippen LogP contribution in [0, 0.1) is 0 Å². The SMILES string of the molecule is COCC(O)CNc1ccccc1S(=O)(=O)N(C)C. The molecule has 1 unspecified atom stereocenters. The highest BCUT2D eigenvalue weighted by Crippen LogP contribution is 2.22. The van der Waals surface area contributed by atoms with E-state index in [4.69, 9.17) is 4.74 Å². The number of aliphatic hydroxyl groups excluding tert-OH is 1. The van der Waals surface area contributed by atoms with Crippen LogP contribution in [0.4, 0.5) is 5.69 Å². The number of nitrogens with one attached hydrogen (secondary N) is 1. The van der Waals surface area contributed by atoms with E-state index in [0.717, 1.165) is 4.31 Å². The Hall–Kier alpha value is -1.15. The van der Waals surface area contributed by atoms with Gasteiger partial charge in [0.2, 0.25) is 10.0 Å². The van der Waals surface area contributed by atoms with Gasteiger partial charge in [0, 0.05) is 27.7 Å². The molecule has 0 aliphatic heterocycles. The zero-order valence-corrected chi connectivity index (χ0v) is 12.1. The van der Waals surface area contributed by atoms with Gasteiger partial charge in [0.15, 0.2) is 0 Å². The first-order chi connectivity index (χ1) is 8.89. The number of benzene rings is 1. The van der Waals surface area contributed by atoms with E-state index in [1.165, 1.54) is 27.3 Å². The summed E-state index contributed by atoms with van der Waals surface area (Å²) in [5.41, 5.74) is 0.464. The van der Waals surface area contributed by atoms with Gasteiger partial charge in [0.05, 0.1) is 18.4 Å². The van der Waals surface area contributed by atoms with Gasteiger partial charge in [0.25, 0.3) is 0 Å². The van der Waals surface area contributed by atoms with E-state index >= 15 is 0 Å². The first-order valence-electron chi connectivity index (χ1n) is 5.82. The Morgan fingerprint density at radius 3 is 2.58 bits per heavy atom. The molecule has 2 N–H and O–H groups in total. The van der Waals surface area contributed by atoms with Crippen molar-refractivity contribution >= 4 is 15.7 Å². The number of anilines is 1. The third kappa shape index (κ3) is 4.17. The number of nitrogens with zero attached hydrogens (tertiary/aromatic N) is 1. The maximum Gasteiger partial charge on any atom is 0.244 e. The molecule has 7 heteroatoms. The molecule has 0 fully saturated rings. The zero-order chi connectivity index (χ0) is 14.5. The third-order valence-corrected chi connectivity index (χ3v) is 4.41. The standard InChI is InChI=1S/C12H20N2O4S/c1-14(2)19(16,17)12-7-5-4-6-11(12)13-8-10(15)9-18-3/h4-7,10,13,15H,8-9H2,1-3H3. The molecule has 1 rings (SSSR count). The Morgan fingerprint density at radius 1 is 1.37 bits per heavy atom.